The number of carboxylic acids is 1. The van der Waals surface area contributed by atoms with Crippen molar-refractivity contribution in [3.63, 3.8) is 0 Å². The lowest BCUT2D eigenvalue weighted by atomic mass is 10.1. The van der Waals surface area contributed by atoms with Crippen LogP contribution in [-0.2, 0) is 9.59 Å². The molecule has 27 heavy (non-hydrogen) atoms. The predicted octanol–water partition coefficient (Wildman–Crippen LogP) is 4.74. The molecule has 3 aromatic rings. The number of ether oxygens (including phenoxy) is 1. The number of hydrogen-bond donors (Lipinski definition) is 2. The summed E-state index contributed by atoms with van der Waals surface area (Å²) >= 11 is 17.8. The number of fused-ring (bicyclic) bond motifs is 1. The average molecular weight is 427 g/mol. The van der Waals surface area contributed by atoms with E-state index in [9.17, 15) is 14.4 Å². The van der Waals surface area contributed by atoms with Gasteiger partial charge in [0.1, 0.15) is 12.1 Å². The fourth-order valence-corrected chi connectivity index (χ4v) is 2.94. The summed E-state index contributed by atoms with van der Waals surface area (Å²) < 4.78 is 5.17. The number of rotatable bonds is 5. The SMILES string of the molecule is O=C(O)CC(=O)Oc1c(C(=O)c2ccc(Cl)c(Cl)c2)[nH]c2cc(Cl)ccc12. The van der Waals surface area contributed by atoms with Crippen LogP contribution in [-0.4, -0.2) is 27.8 Å². The van der Waals surface area contributed by atoms with E-state index in [1.54, 1.807) is 18.2 Å². The molecule has 0 aliphatic carbocycles. The van der Waals surface area contributed by atoms with Crippen molar-refractivity contribution < 1.29 is 24.2 Å². The van der Waals surface area contributed by atoms with E-state index in [1.807, 2.05) is 0 Å². The number of benzene rings is 2. The van der Waals surface area contributed by atoms with Crippen LogP contribution >= 0.6 is 34.8 Å². The third-order valence-corrected chi connectivity index (χ3v) is 4.61. The standard InChI is InChI=1S/C18H10Cl3NO5/c19-9-2-3-10-13(6-9)22-16(18(10)27-15(25)7-14(23)24)17(26)8-1-4-11(20)12(21)5-8/h1-6,22H,7H2,(H,23,24). The Labute approximate surface area is 167 Å². The first-order valence-electron chi connectivity index (χ1n) is 7.49. The molecule has 0 spiro atoms. The van der Waals surface area contributed by atoms with Crippen molar-refractivity contribution in [2.24, 2.45) is 0 Å². The van der Waals surface area contributed by atoms with Gasteiger partial charge in [0.05, 0.1) is 15.6 Å². The van der Waals surface area contributed by atoms with Gasteiger partial charge >= 0.3 is 11.9 Å². The van der Waals surface area contributed by atoms with Gasteiger partial charge in [-0.1, -0.05) is 34.8 Å². The predicted molar refractivity (Wildman–Crippen MR) is 101 cm³/mol. The molecule has 0 fully saturated rings. The highest BCUT2D eigenvalue weighted by atomic mass is 35.5. The maximum atomic E-state index is 12.9. The number of aliphatic carboxylic acids is 1. The first kappa shape index (κ1) is 19.2. The molecule has 0 atom stereocenters. The Morgan fingerprint density at radius 1 is 1.00 bits per heavy atom. The molecule has 0 radical (unpaired) electrons. The highest BCUT2D eigenvalue weighted by molar-refractivity contribution is 6.42. The van der Waals surface area contributed by atoms with Crippen molar-refractivity contribution in [1.82, 2.24) is 4.98 Å². The lowest BCUT2D eigenvalue weighted by Crippen LogP contribution is -2.15. The minimum absolute atomic E-state index is 0.0376. The van der Waals surface area contributed by atoms with Gasteiger partial charge in [-0.3, -0.25) is 14.4 Å². The Hall–Kier alpha value is -2.54. The Kier molecular flexibility index (Phi) is 5.41. The van der Waals surface area contributed by atoms with E-state index in [0.717, 1.165) is 0 Å². The second-order valence-electron chi connectivity index (χ2n) is 5.52. The molecule has 6 nitrogen and oxygen atoms in total. The lowest BCUT2D eigenvalue weighted by Gasteiger charge is -2.06. The van der Waals surface area contributed by atoms with Crippen LogP contribution in [0, 0.1) is 0 Å². The van der Waals surface area contributed by atoms with E-state index in [-0.39, 0.29) is 27.1 Å². The summed E-state index contributed by atoms with van der Waals surface area (Å²) in [5, 5.41) is 10.0. The molecule has 0 aliphatic rings. The highest BCUT2D eigenvalue weighted by Gasteiger charge is 2.24. The number of hydrogen-bond acceptors (Lipinski definition) is 4. The van der Waals surface area contributed by atoms with Crippen molar-refractivity contribution in [2.45, 2.75) is 6.42 Å². The van der Waals surface area contributed by atoms with Crippen molar-refractivity contribution >= 4 is 63.4 Å². The van der Waals surface area contributed by atoms with E-state index in [2.05, 4.69) is 4.98 Å². The minimum Gasteiger partial charge on any atom is -0.481 e. The zero-order chi connectivity index (χ0) is 19.7. The van der Waals surface area contributed by atoms with Crippen LogP contribution < -0.4 is 4.74 Å². The Morgan fingerprint density at radius 2 is 1.74 bits per heavy atom. The highest BCUT2D eigenvalue weighted by Crippen LogP contribution is 2.34. The molecular weight excluding hydrogens is 417 g/mol. The summed E-state index contributed by atoms with van der Waals surface area (Å²) in [4.78, 5) is 38.4. The Morgan fingerprint density at radius 3 is 2.41 bits per heavy atom. The first-order chi connectivity index (χ1) is 12.8. The maximum absolute atomic E-state index is 12.9. The summed E-state index contributed by atoms with van der Waals surface area (Å²) in [6.07, 6.45) is -0.847. The van der Waals surface area contributed by atoms with Gasteiger partial charge in [0.15, 0.2) is 5.75 Å². The van der Waals surface area contributed by atoms with E-state index in [1.165, 1.54) is 18.2 Å². The molecule has 0 aliphatic heterocycles. The number of carbonyl (C=O) groups excluding carboxylic acids is 2. The van der Waals surface area contributed by atoms with Gasteiger partial charge in [0, 0.05) is 16.0 Å². The van der Waals surface area contributed by atoms with Gasteiger partial charge in [-0.05, 0) is 36.4 Å². The van der Waals surface area contributed by atoms with Gasteiger partial charge in [0.2, 0.25) is 5.78 Å². The molecular formula is C18H10Cl3NO5. The first-order valence-corrected chi connectivity index (χ1v) is 8.63. The molecule has 0 saturated heterocycles. The second-order valence-corrected chi connectivity index (χ2v) is 6.77. The molecule has 0 unspecified atom stereocenters. The monoisotopic (exact) mass is 425 g/mol. The van der Waals surface area contributed by atoms with Crippen molar-refractivity contribution in [3.05, 3.63) is 62.7 Å². The fourth-order valence-electron chi connectivity index (χ4n) is 2.46. The number of halogens is 3. The third-order valence-electron chi connectivity index (χ3n) is 3.63. The van der Waals surface area contributed by atoms with Gasteiger partial charge in [-0.25, -0.2) is 0 Å². The maximum Gasteiger partial charge on any atom is 0.322 e. The van der Waals surface area contributed by atoms with Gasteiger partial charge in [-0.15, -0.1) is 0 Å². The molecule has 1 heterocycles. The third kappa shape index (κ3) is 4.08. The molecule has 9 heteroatoms. The molecule has 2 aromatic carbocycles. The van der Waals surface area contributed by atoms with Crippen LogP contribution in [0.3, 0.4) is 0 Å². The minimum atomic E-state index is -1.35. The fraction of sp³-hybridized carbons (Fsp3) is 0.0556. The van der Waals surface area contributed by atoms with Crippen molar-refractivity contribution in [2.75, 3.05) is 0 Å². The van der Waals surface area contributed by atoms with Gasteiger partial charge in [0.25, 0.3) is 0 Å². The van der Waals surface area contributed by atoms with Gasteiger partial charge < -0.3 is 14.8 Å². The van der Waals surface area contributed by atoms with Crippen LogP contribution in [0.15, 0.2) is 36.4 Å². The van der Waals surface area contributed by atoms with E-state index >= 15 is 0 Å². The van der Waals surface area contributed by atoms with Crippen LogP contribution in [0.1, 0.15) is 22.5 Å². The Balaban J connectivity index is 2.11. The van der Waals surface area contributed by atoms with Crippen molar-refractivity contribution in [3.8, 4) is 5.75 Å². The zero-order valence-corrected chi connectivity index (χ0v) is 15.7. The van der Waals surface area contributed by atoms with Crippen molar-refractivity contribution in [1.29, 1.82) is 0 Å². The summed E-state index contributed by atoms with van der Waals surface area (Å²) in [6, 6.07) is 8.98. The lowest BCUT2D eigenvalue weighted by molar-refractivity contribution is -0.145. The topological polar surface area (TPSA) is 96.5 Å². The number of aromatic amines is 1. The second kappa shape index (κ2) is 7.60. The number of esters is 1. The van der Waals surface area contributed by atoms with E-state index < -0.39 is 24.1 Å². The summed E-state index contributed by atoms with van der Waals surface area (Å²) in [5.74, 6) is -2.95. The number of ketones is 1. The number of carbonyl (C=O) groups is 3. The number of H-pyrrole nitrogens is 1. The molecule has 2 N–H and O–H groups in total. The van der Waals surface area contributed by atoms with Crippen LogP contribution in [0.4, 0.5) is 0 Å². The number of aromatic nitrogens is 1. The zero-order valence-electron chi connectivity index (χ0n) is 13.4. The number of carboxylic acid groups (broad SMARTS) is 1. The Bertz CT molecular complexity index is 1090. The molecule has 0 bridgehead atoms. The molecule has 0 saturated carbocycles. The smallest absolute Gasteiger partial charge is 0.322 e. The van der Waals surface area contributed by atoms with Crippen LogP contribution in [0.2, 0.25) is 15.1 Å². The number of nitrogens with one attached hydrogen (secondary N) is 1. The molecule has 3 rings (SSSR count). The largest absolute Gasteiger partial charge is 0.481 e. The van der Waals surface area contributed by atoms with E-state index in [4.69, 9.17) is 44.6 Å². The van der Waals surface area contributed by atoms with Gasteiger partial charge in [-0.2, -0.15) is 0 Å². The normalized spacial score (nSPS) is 10.8. The summed E-state index contributed by atoms with van der Waals surface area (Å²) in [6.45, 7) is 0. The average Bonchev–Trinajstić information content (AvgIpc) is 2.93. The molecule has 0 amide bonds. The molecule has 1 aromatic heterocycles. The summed E-state index contributed by atoms with van der Waals surface area (Å²) in [5.41, 5.74) is 0.617. The quantitative estimate of drug-likeness (QED) is 0.349. The molecule has 138 valence electrons. The van der Waals surface area contributed by atoms with Crippen LogP contribution in [0.5, 0.6) is 5.75 Å². The summed E-state index contributed by atoms with van der Waals surface area (Å²) in [7, 11) is 0. The van der Waals surface area contributed by atoms with Crippen LogP contribution in [0.25, 0.3) is 10.9 Å². The van der Waals surface area contributed by atoms with E-state index in [0.29, 0.717) is 15.9 Å².